The van der Waals surface area contributed by atoms with Crippen molar-refractivity contribution >= 4 is 39.9 Å². The summed E-state index contributed by atoms with van der Waals surface area (Å²) in [5, 5.41) is 16.5. The SMILES string of the molecule is C=C(C(=O)O)c1cccc(NC(=O)C2(NC(=O)c3ccc4c(C5CCCCC5)c5n(c4c3)CCOc3ccccc3-5)CCC2)c1. The van der Waals surface area contributed by atoms with Crippen molar-refractivity contribution in [2.75, 3.05) is 11.9 Å². The highest BCUT2D eigenvalue weighted by Crippen LogP contribution is 2.47. The molecule has 0 unspecified atom stereocenters. The zero-order valence-electron chi connectivity index (χ0n) is 25.2. The van der Waals surface area contributed by atoms with Gasteiger partial charge in [0.15, 0.2) is 0 Å². The first kappa shape index (κ1) is 28.9. The highest BCUT2D eigenvalue weighted by Gasteiger charge is 2.45. The van der Waals surface area contributed by atoms with Crippen molar-refractivity contribution in [2.24, 2.45) is 0 Å². The third-order valence-corrected chi connectivity index (χ3v) is 9.82. The number of ether oxygens (including phenoxy) is 1. The van der Waals surface area contributed by atoms with E-state index in [9.17, 15) is 19.5 Å². The number of aromatic nitrogens is 1. The second-order valence-electron chi connectivity index (χ2n) is 12.5. The molecule has 2 saturated carbocycles. The molecule has 0 radical (unpaired) electrons. The van der Waals surface area contributed by atoms with Crippen LogP contribution < -0.4 is 15.4 Å². The van der Waals surface area contributed by atoms with E-state index in [4.69, 9.17) is 4.74 Å². The quantitative estimate of drug-likeness (QED) is 0.195. The second-order valence-corrected chi connectivity index (χ2v) is 12.5. The molecule has 0 saturated heterocycles. The third kappa shape index (κ3) is 5.18. The van der Waals surface area contributed by atoms with E-state index in [-0.39, 0.29) is 17.4 Å². The minimum absolute atomic E-state index is 0.0573. The summed E-state index contributed by atoms with van der Waals surface area (Å²) in [5.41, 5.74) is 4.95. The molecular formula is C37H37N3O5. The van der Waals surface area contributed by atoms with Gasteiger partial charge in [0.05, 0.1) is 17.8 Å². The van der Waals surface area contributed by atoms with Crippen LogP contribution >= 0.6 is 0 Å². The van der Waals surface area contributed by atoms with Gasteiger partial charge in [-0.05, 0) is 85.5 Å². The summed E-state index contributed by atoms with van der Waals surface area (Å²) in [6, 6.07) is 20.8. The van der Waals surface area contributed by atoms with Crippen molar-refractivity contribution in [3.05, 3.63) is 90.0 Å². The van der Waals surface area contributed by atoms with Gasteiger partial charge in [-0.25, -0.2) is 4.79 Å². The number of aliphatic carboxylic acids is 1. The Morgan fingerprint density at radius 2 is 1.71 bits per heavy atom. The molecule has 3 aromatic carbocycles. The van der Waals surface area contributed by atoms with Crippen molar-refractivity contribution in [3.63, 3.8) is 0 Å². The van der Waals surface area contributed by atoms with Crippen LogP contribution in [0.4, 0.5) is 5.69 Å². The van der Waals surface area contributed by atoms with E-state index in [1.165, 1.54) is 35.9 Å². The van der Waals surface area contributed by atoms with E-state index >= 15 is 0 Å². The number of nitrogens with one attached hydrogen (secondary N) is 2. The van der Waals surface area contributed by atoms with Gasteiger partial charge < -0.3 is 25.0 Å². The Hall–Kier alpha value is -4.85. The molecule has 2 heterocycles. The predicted octanol–water partition coefficient (Wildman–Crippen LogP) is 7.14. The summed E-state index contributed by atoms with van der Waals surface area (Å²) in [6.07, 6.45) is 7.89. The van der Waals surface area contributed by atoms with Crippen molar-refractivity contribution in [1.29, 1.82) is 0 Å². The van der Waals surface area contributed by atoms with E-state index in [0.717, 1.165) is 36.1 Å². The van der Waals surface area contributed by atoms with Gasteiger partial charge in [0, 0.05) is 27.7 Å². The van der Waals surface area contributed by atoms with Crippen LogP contribution in [0.2, 0.25) is 0 Å². The maximum Gasteiger partial charge on any atom is 0.335 e. The maximum absolute atomic E-state index is 13.8. The van der Waals surface area contributed by atoms with Gasteiger partial charge in [-0.15, -0.1) is 0 Å². The minimum atomic E-state index is -1.12. The van der Waals surface area contributed by atoms with Crippen LogP contribution in [0, 0.1) is 0 Å². The number of carbonyl (C=O) groups is 3. The van der Waals surface area contributed by atoms with Crippen molar-refractivity contribution in [2.45, 2.75) is 69.4 Å². The zero-order chi connectivity index (χ0) is 31.1. The average Bonchev–Trinajstić information content (AvgIpc) is 3.23. The smallest absolute Gasteiger partial charge is 0.335 e. The molecule has 7 rings (SSSR count). The molecule has 1 aliphatic heterocycles. The number of amides is 2. The molecule has 230 valence electrons. The lowest BCUT2D eigenvalue weighted by Gasteiger charge is -2.40. The molecule has 2 aliphatic carbocycles. The fraction of sp³-hybridized carbons (Fsp3) is 0.324. The Morgan fingerprint density at radius 1 is 0.911 bits per heavy atom. The number of benzene rings is 3. The topological polar surface area (TPSA) is 110 Å². The number of carboxylic acids is 1. The molecule has 45 heavy (non-hydrogen) atoms. The molecule has 1 aromatic heterocycles. The highest BCUT2D eigenvalue weighted by atomic mass is 16.5. The number of hydrogen-bond donors (Lipinski definition) is 3. The summed E-state index contributed by atoms with van der Waals surface area (Å²) in [4.78, 5) is 38.7. The van der Waals surface area contributed by atoms with Gasteiger partial charge in [0.25, 0.3) is 5.91 Å². The molecule has 3 N–H and O–H groups in total. The molecule has 8 heteroatoms. The fourth-order valence-electron chi connectivity index (χ4n) is 7.27. The lowest BCUT2D eigenvalue weighted by molar-refractivity contribution is -0.130. The molecule has 2 amide bonds. The van der Waals surface area contributed by atoms with E-state index in [2.05, 4.69) is 40.0 Å². The molecule has 2 fully saturated rings. The van der Waals surface area contributed by atoms with E-state index in [0.29, 0.717) is 48.7 Å². The molecule has 0 bridgehead atoms. The normalized spacial score (nSPS) is 17.2. The Bertz CT molecular complexity index is 1840. The molecule has 4 aromatic rings. The average molecular weight is 604 g/mol. The zero-order valence-corrected chi connectivity index (χ0v) is 25.2. The predicted molar refractivity (Wildman–Crippen MR) is 174 cm³/mol. The number of rotatable bonds is 7. The van der Waals surface area contributed by atoms with Gasteiger partial charge in [-0.3, -0.25) is 9.59 Å². The summed E-state index contributed by atoms with van der Waals surface area (Å²) < 4.78 is 8.50. The Labute approximate surface area is 262 Å². The molecule has 0 spiro atoms. The van der Waals surface area contributed by atoms with Gasteiger partial charge in [0.1, 0.15) is 17.9 Å². The minimum Gasteiger partial charge on any atom is -0.491 e. The second kappa shape index (κ2) is 11.6. The van der Waals surface area contributed by atoms with Crippen LogP contribution in [0.1, 0.15) is 78.8 Å². The van der Waals surface area contributed by atoms with Crippen molar-refractivity contribution in [3.8, 4) is 17.0 Å². The largest absolute Gasteiger partial charge is 0.491 e. The third-order valence-electron chi connectivity index (χ3n) is 9.82. The maximum atomic E-state index is 13.8. The van der Waals surface area contributed by atoms with Crippen molar-refractivity contribution < 1.29 is 24.2 Å². The lowest BCUT2D eigenvalue weighted by Crippen LogP contribution is -2.61. The van der Waals surface area contributed by atoms with E-state index in [1.54, 1.807) is 24.3 Å². The first-order valence-electron chi connectivity index (χ1n) is 15.9. The van der Waals surface area contributed by atoms with Crippen LogP contribution in [-0.2, 0) is 16.1 Å². The van der Waals surface area contributed by atoms with Gasteiger partial charge >= 0.3 is 5.97 Å². The monoisotopic (exact) mass is 603 g/mol. The molecule has 0 atom stereocenters. The first-order valence-corrected chi connectivity index (χ1v) is 15.9. The summed E-state index contributed by atoms with van der Waals surface area (Å²) in [6.45, 7) is 4.83. The number of carbonyl (C=O) groups excluding carboxylic acids is 2. The summed E-state index contributed by atoms with van der Waals surface area (Å²) >= 11 is 0. The van der Waals surface area contributed by atoms with Crippen LogP contribution in [0.3, 0.4) is 0 Å². The number of hydrogen-bond acceptors (Lipinski definition) is 4. The van der Waals surface area contributed by atoms with Crippen LogP contribution in [0.5, 0.6) is 5.75 Å². The van der Waals surface area contributed by atoms with E-state index in [1.807, 2.05) is 24.3 Å². The Morgan fingerprint density at radius 3 is 2.47 bits per heavy atom. The number of anilines is 1. The number of fused-ring (bicyclic) bond motifs is 5. The van der Waals surface area contributed by atoms with Gasteiger partial charge in [0.2, 0.25) is 5.91 Å². The number of para-hydroxylation sites is 1. The van der Waals surface area contributed by atoms with Crippen LogP contribution in [0.25, 0.3) is 27.7 Å². The van der Waals surface area contributed by atoms with Crippen LogP contribution in [-0.4, -0.2) is 39.6 Å². The van der Waals surface area contributed by atoms with Crippen LogP contribution in [0.15, 0.2) is 73.3 Å². The Kier molecular flexibility index (Phi) is 7.43. The standard InChI is InChI=1S/C37H37N3O5/c1-23(35(42)43)25-11-7-12-27(21-25)38-36(44)37(17-8-18-37)39-34(41)26-15-16-28-30(22-26)40-19-20-45-31-14-6-5-13-29(31)33(40)32(28)24-9-3-2-4-10-24/h5-7,11-16,21-22,24H,1-4,8-10,17-20H2,(H,38,44)(H,39,41)(H,42,43). The lowest BCUT2D eigenvalue weighted by atomic mass is 9.75. The van der Waals surface area contributed by atoms with Gasteiger partial charge in [-0.1, -0.05) is 56.2 Å². The molecular weight excluding hydrogens is 566 g/mol. The van der Waals surface area contributed by atoms with Crippen molar-refractivity contribution in [1.82, 2.24) is 9.88 Å². The highest BCUT2D eigenvalue weighted by molar-refractivity contribution is 6.15. The number of nitrogens with zero attached hydrogens (tertiary/aromatic N) is 1. The molecule has 3 aliphatic rings. The van der Waals surface area contributed by atoms with Gasteiger partial charge in [-0.2, -0.15) is 0 Å². The Balaban J connectivity index is 1.20. The fourth-order valence-corrected chi connectivity index (χ4v) is 7.27. The summed E-state index contributed by atoms with van der Waals surface area (Å²) in [7, 11) is 0. The van der Waals surface area contributed by atoms with E-state index < -0.39 is 11.5 Å². The molecule has 8 nitrogen and oxygen atoms in total. The first-order chi connectivity index (χ1) is 21.8. The number of carboxylic acid groups (broad SMARTS) is 1. The summed E-state index contributed by atoms with van der Waals surface area (Å²) in [5.74, 6) is -0.382.